The zero-order valence-electron chi connectivity index (χ0n) is 11.9. The van der Waals surface area contributed by atoms with E-state index in [1.807, 2.05) is 13.0 Å². The topological polar surface area (TPSA) is 98.3 Å². The fraction of sp³-hybridized carbons (Fsp3) is 0.500. The summed E-state index contributed by atoms with van der Waals surface area (Å²) >= 11 is 0. The van der Waals surface area contributed by atoms with Crippen LogP contribution in [0.1, 0.15) is 43.4 Å². The molecule has 1 aromatic carbocycles. The van der Waals surface area contributed by atoms with Crippen LogP contribution < -0.4 is 11.1 Å². The van der Waals surface area contributed by atoms with Gasteiger partial charge in [0.15, 0.2) is 0 Å². The van der Waals surface area contributed by atoms with Crippen molar-refractivity contribution in [2.45, 2.75) is 39.2 Å². The summed E-state index contributed by atoms with van der Waals surface area (Å²) in [7, 11) is 0. The minimum Gasteiger partial charge on any atom is -0.370 e. The molecular formula is C14H21N3O3. The number of nitro benzene ring substituents is 1. The van der Waals surface area contributed by atoms with Gasteiger partial charge >= 0.3 is 0 Å². The molecule has 0 aliphatic carbocycles. The average Bonchev–Trinajstić information content (AvgIpc) is 2.37. The Labute approximate surface area is 118 Å². The molecule has 0 aromatic heterocycles. The largest absolute Gasteiger partial charge is 0.370 e. The third-order valence-corrected chi connectivity index (χ3v) is 3.23. The number of rotatable bonds is 8. The minimum absolute atomic E-state index is 0.0304. The molecule has 0 aliphatic heterocycles. The van der Waals surface area contributed by atoms with E-state index in [1.165, 1.54) is 0 Å². The molecule has 0 spiro atoms. The number of aryl methyl sites for hydroxylation is 1. The second-order valence-corrected chi connectivity index (χ2v) is 4.90. The molecule has 3 N–H and O–H groups in total. The summed E-state index contributed by atoms with van der Waals surface area (Å²) in [4.78, 5) is 21.1. The molecule has 0 saturated carbocycles. The molecule has 6 heteroatoms. The number of unbranched alkanes of at least 4 members (excludes halogenated alkanes) is 1. The zero-order valence-corrected chi connectivity index (χ0v) is 11.9. The normalized spacial score (nSPS) is 12.1. The van der Waals surface area contributed by atoms with Crippen molar-refractivity contribution in [3.63, 3.8) is 0 Å². The van der Waals surface area contributed by atoms with Gasteiger partial charge in [-0.1, -0.05) is 12.1 Å². The Balaban J connectivity index is 2.51. The molecule has 0 radical (unpaired) electrons. The van der Waals surface area contributed by atoms with Crippen LogP contribution in [-0.2, 0) is 4.79 Å². The summed E-state index contributed by atoms with van der Waals surface area (Å²) < 4.78 is 0. The summed E-state index contributed by atoms with van der Waals surface area (Å²) in [6.07, 6.45) is 2.00. The molecule has 0 heterocycles. The lowest BCUT2D eigenvalue weighted by molar-refractivity contribution is -0.385. The molecule has 0 bridgehead atoms. The average molecular weight is 279 g/mol. The maximum atomic E-state index is 10.9. The van der Waals surface area contributed by atoms with E-state index in [4.69, 9.17) is 5.73 Å². The first kappa shape index (κ1) is 16.1. The van der Waals surface area contributed by atoms with Crippen molar-refractivity contribution in [2.24, 2.45) is 5.73 Å². The van der Waals surface area contributed by atoms with E-state index in [-0.39, 0.29) is 22.6 Å². The Morgan fingerprint density at radius 2 is 2.15 bits per heavy atom. The third kappa shape index (κ3) is 4.97. The van der Waals surface area contributed by atoms with Gasteiger partial charge in [-0.15, -0.1) is 0 Å². The predicted octanol–water partition coefficient (Wildman–Crippen LogP) is 2.21. The first-order valence-electron chi connectivity index (χ1n) is 6.68. The lowest BCUT2D eigenvalue weighted by atomic mass is 10.0. The standard InChI is InChI=1S/C14H21N3O3/c1-10-6-7-12(9-13(10)17(19)20)11(2)16-8-4-3-5-14(15)18/h6-7,9,11,16H,3-5,8H2,1-2H3,(H2,15,18). The molecule has 0 fully saturated rings. The van der Waals surface area contributed by atoms with Gasteiger partial charge in [-0.25, -0.2) is 0 Å². The van der Waals surface area contributed by atoms with Crippen molar-refractivity contribution in [3.05, 3.63) is 39.4 Å². The number of amides is 1. The highest BCUT2D eigenvalue weighted by atomic mass is 16.6. The van der Waals surface area contributed by atoms with E-state index >= 15 is 0 Å². The van der Waals surface area contributed by atoms with Crippen LogP contribution in [0.5, 0.6) is 0 Å². The molecule has 1 aromatic rings. The number of hydrogen-bond acceptors (Lipinski definition) is 4. The van der Waals surface area contributed by atoms with Gasteiger partial charge in [0.2, 0.25) is 5.91 Å². The lowest BCUT2D eigenvalue weighted by Gasteiger charge is -2.14. The Morgan fingerprint density at radius 1 is 1.45 bits per heavy atom. The minimum atomic E-state index is -0.363. The summed E-state index contributed by atoms with van der Waals surface area (Å²) in [5.41, 5.74) is 6.75. The lowest BCUT2D eigenvalue weighted by Crippen LogP contribution is -2.20. The second kappa shape index (κ2) is 7.59. The molecule has 0 aliphatic rings. The zero-order chi connectivity index (χ0) is 15.1. The first-order chi connectivity index (χ1) is 9.41. The van der Waals surface area contributed by atoms with Crippen LogP contribution in [0.3, 0.4) is 0 Å². The highest BCUT2D eigenvalue weighted by Gasteiger charge is 2.13. The Bertz CT molecular complexity index is 489. The summed E-state index contributed by atoms with van der Waals surface area (Å²) in [6.45, 7) is 4.43. The van der Waals surface area contributed by atoms with Crippen LogP contribution in [0.4, 0.5) is 5.69 Å². The molecule has 1 amide bonds. The number of carbonyl (C=O) groups excluding carboxylic acids is 1. The van der Waals surface area contributed by atoms with Crippen molar-refractivity contribution in [1.29, 1.82) is 0 Å². The van der Waals surface area contributed by atoms with Crippen LogP contribution >= 0.6 is 0 Å². The Kier molecular flexibility index (Phi) is 6.11. The summed E-state index contributed by atoms with van der Waals surface area (Å²) in [6, 6.07) is 5.29. The van der Waals surface area contributed by atoms with Crippen LogP contribution in [0.25, 0.3) is 0 Å². The smallest absolute Gasteiger partial charge is 0.272 e. The molecular weight excluding hydrogens is 258 g/mol. The van der Waals surface area contributed by atoms with E-state index in [9.17, 15) is 14.9 Å². The first-order valence-corrected chi connectivity index (χ1v) is 6.68. The number of benzene rings is 1. The molecule has 1 rings (SSSR count). The second-order valence-electron chi connectivity index (χ2n) is 4.90. The monoisotopic (exact) mass is 279 g/mol. The Hall–Kier alpha value is -1.95. The number of nitro groups is 1. The van der Waals surface area contributed by atoms with Crippen LogP contribution in [0.2, 0.25) is 0 Å². The van der Waals surface area contributed by atoms with E-state index in [2.05, 4.69) is 5.32 Å². The van der Waals surface area contributed by atoms with Gasteiger partial charge in [0.1, 0.15) is 0 Å². The fourth-order valence-electron chi connectivity index (χ4n) is 1.95. The van der Waals surface area contributed by atoms with E-state index < -0.39 is 0 Å². The summed E-state index contributed by atoms with van der Waals surface area (Å²) in [5, 5.41) is 14.2. The van der Waals surface area contributed by atoms with Crippen LogP contribution in [-0.4, -0.2) is 17.4 Å². The van der Waals surface area contributed by atoms with Crippen LogP contribution in [0.15, 0.2) is 18.2 Å². The quantitative estimate of drug-likeness (QED) is 0.433. The van der Waals surface area contributed by atoms with Gasteiger partial charge in [0.25, 0.3) is 5.69 Å². The number of nitrogens with zero attached hydrogens (tertiary/aromatic N) is 1. The maximum absolute atomic E-state index is 10.9. The van der Waals surface area contributed by atoms with Gasteiger partial charge in [-0.05, 0) is 38.8 Å². The van der Waals surface area contributed by atoms with E-state index in [1.54, 1.807) is 19.1 Å². The predicted molar refractivity (Wildman–Crippen MR) is 77.3 cm³/mol. The summed E-state index contributed by atoms with van der Waals surface area (Å²) in [5.74, 6) is -0.285. The molecule has 6 nitrogen and oxygen atoms in total. The van der Waals surface area contributed by atoms with Crippen molar-refractivity contribution in [2.75, 3.05) is 6.54 Å². The van der Waals surface area contributed by atoms with Crippen molar-refractivity contribution >= 4 is 11.6 Å². The number of nitrogens with one attached hydrogen (secondary N) is 1. The van der Waals surface area contributed by atoms with E-state index in [0.717, 1.165) is 24.9 Å². The van der Waals surface area contributed by atoms with Crippen molar-refractivity contribution < 1.29 is 9.72 Å². The van der Waals surface area contributed by atoms with E-state index in [0.29, 0.717) is 12.0 Å². The molecule has 1 atom stereocenters. The molecule has 0 saturated heterocycles. The van der Waals surface area contributed by atoms with Crippen LogP contribution in [0, 0.1) is 17.0 Å². The van der Waals surface area contributed by atoms with Gasteiger partial charge < -0.3 is 11.1 Å². The Morgan fingerprint density at radius 3 is 2.75 bits per heavy atom. The highest BCUT2D eigenvalue weighted by molar-refractivity contribution is 5.73. The van der Waals surface area contributed by atoms with Gasteiger partial charge in [0.05, 0.1) is 4.92 Å². The number of nitrogens with two attached hydrogens (primary N) is 1. The molecule has 20 heavy (non-hydrogen) atoms. The van der Waals surface area contributed by atoms with Gasteiger partial charge in [-0.3, -0.25) is 14.9 Å². The molecule has 1 unspecified atom stereocenters. The fourth-order valence-corrected chi connectivity index (χ4v) is 1.95. The third-order valence-electron chi connectivity index (χ3n) is 3.23. The highest BCUT2D eigenvalue weighted by Crippen LogP contribution is 2.23. The SMILES string of the molecule is Cc1ccc(C(C)NCCCCC(N)=O)cc1[N+](=O)[O-]. The number of hydrogen-bond donors (Lipinski definition) is 2. The number of primary amides is 1. The van der Waals surface area contributed by atoms with Gasteiger partial charge in [-0.2, -0.15) is 0 Å². The van der Waals surface area contributed by atoms with Gasteiger partial charge in [0, 0.05) is 24.1 Å². The molecule has 110 valence electrons. The maximum Gasteiger partial charge on any atom is 0.272 e. The van der Waals surface area contributed by atoms with Crippen molar-refractivity contribution in [3.8, 4) is 0 Å². The number of carbonyl (C=O) groups is 1. The van der Waals surface area contributed by atoms with Crippen molar-refractivity contribution in [1.82, 2.24) is 5.32 Å².